The molecule has 0 aliphatic heterocycles. The third kappa shape index (κ3) is 2.73. The molecule has 4 heteroatoms. The third-order valence-electron chi connectivity index (χ3n) is 3.15. The van der Waals surface area contributed by atoms with Gasteiger partial charge in [-0.25, -0.2) is 0 Å². The van der Waals surface area contributed by atoms with Crippen molar-refractivity contribution in [2.75, 3.05) is 7.11 Å². The average molecular weight is 345 g/mol. The highest BCUT2D eigenvalue weighted by atomic mass is 127. The van der Waals surface area contributed by atoms with Gasteiger partial charge in [0.05, 0.1) is 7.11 Å². The Bertz CT molecular complexity index is 445. The number of carbonyl (C=O) groups excluding carboxylic acids is 1. The molecule has 0 saturated heterocycles. The van der Waals surface area contributed by atoms with Gasteiger partial charge in [0.1, 0.15) is 5.75 Å². The van der Waals surface area contributed by atoms with E-state index in [2.05, 4.69) is 34.0 Å². The van der Waals surface area contributed by atoms with Gasteiger partial charge in [-0.3, -0.25) is 4.79 Å². The van der Waals surface area contributed by atoms with E-state index < -0.39 is 0 Å². The maximum absolute atomic E-state index is 11.1. The molecule has 0 fully saturated rings. The molecule has 1 aromatic carbocycles. The zero-order valence-electron chi connectivity index (χ0n) is 10.0. The summed E-state index contributed by atoms with van der Waals surface area (Å²) < 4.78 is 6.65. The summed E-state index contributed by atoms with van der Waals surface area (Å²) in [5.74, 6) is 1.03. The molecule has 1 amide bonds. The van der Waals surface area contributed by atoms with Gasteiger partial charge < -0.3 is 10.1 Å². The van der Waals surface area contributed by atoms with Gasteiger partial charge in [0.25, 0.3) is 0 Å². The van der Waals surface area contributed by atoms with E-state index in [9.17, 15) is 4.79 Å². The predicted octanol–water partition coefficient (Wildman–Crippen LogP) is 2.29. The number of amides is 1. The normalized spacial score (nSPS) is 18.4. The van der Waals surface area contributed by atoms with E-state index in [1.54, 1.807) is 14.0 Å². The second-order valence-electron chi connectivity index (χ2n) is 4.35. The van der Waals surface area contributed by atoms with Crippen molar-refractivity contribution in [1.29, 1.82) is 0 Å². The van der Waals surface area contributed by atoms with E-state index in [-0.39, 0.29) is 11.9 Å². The highest BCUT2D eigenvalue weighted by molar-refractivity contribution is 14.1. The highest BCUT2D eigenvalue weighted by Crippen LogP contribution is 2.32. The molecular formula is C13H16INO2. The van der Waals surface area contributed by atoms with Crippen LogP contribution in [0.2, 0.25) is 0 Å². The van der Waals surface area contributed by atoms with Crippen LogP contribution in [-0.4, -0.2) is 19.1 Å². The van der Waals surface area contributed by atoms with Crippen molar-refractivity contribution in [1.82, 2.24) is 5.32 Å². The van der Waals surface area contributed by atoms with Gasteiger partial charge in [-0.15, -0.1) is 0 Å². The average Bonchev–Trinajstić information content (AvgIpc) is 2.29. The first-order chi connectivity index (χ1) is 8.11. The summed E-state index contributed by atoms with van der Waals surface area (Å²) in [6.45, 7) is 1.58. The molecule has 1 atom stereocenters. The Balaban J connectivity index is 2.28. The first kappa shape index (κ1) is 12.7. The fraction of sp³-hybridized carbons (Fsp3) is 0.462. The molecule has 0 saturated carbocycles. The van der Waals surface area contributed by atoms with Gasteiger partial charge >= 0.3 is 0 Å². The van der Waals surface area contributed by atoms with E-state index >= 15 is 0 Å². The van der Waals surface area contributed by atoms with Crippen LogP contribution in [0.15, 0.2) is 12.1 Å². The Hall–Kier alpha value is -0.780. The van der Waals surface area contributed by atoms with Crippen molar-refractivity contribution in [3.63, 3.8) is 0 Å². The zero-order valence-corrected chi connectivity index (χ0v) is 12.2. The first-order valence-electron chi connectivity index (χ1n) is 5.73. The quantitative estimate of drug-likeness (QED) is 0.836. The van der Waals surface area contributed by atoms with Crippen LogP contribution in [0.1, 0.15) is 24.5 Å². The molecule has 0 unspecified atom stereocenters. The molecule has 0 radical (unpaired) electrons. The Kier molecular flexibility index (Phi) is 3.91. The summed E-state index contributed by atoms with van der Waals surface area (Å²) in [7, 11) is 1.71. The summed E-state index contributed by atoms with van der Waals surface area (Å²) in [6.07, 6.45) is 2.87. The minimum Gasteiger partial charge on any atom is -0.496 e. The monoisotopic (exact) mass is 345 g/mol. The molecule has 1 aliphatic carbocycles. The summed E-state index contributed by atoms with van der Waals surface area (Å²) in [5.41, 5.74) is 2.64. The maximum atomic E-state index is 11.1. The lowest BCUT2D eigenvalue weighted by Crippen LogP contribution is -2.37. The fourth-order valence-electron chi connectivity index (χ4n) is 2.41. The van der Waals surface area contributed by atoms with Crippen LogP contribution in [0.5, 0.6) is 5.75 Å². The molecule has 17 heavy (non-hydrogen) atoms. The topological polar surface area (TPSA) is 38.3 Å². The minimum atomic E-state index is 0.0522. The number of rotatable bonds is 2. The van der Waals surface area contributed by atoms with E-state index in [1.165, 1.54) is 14.7 Å². The highest BCUT2D eigenvalue weighted by Gasteiger charge is 2.23. The lowest BCUT2D eigenvalue weighted by Gasteiger charge is -2.27. The number of ether oxygens (including phenoxy) is 1. The van der Waals surface area contributed by atoms with E-state index in [0.717, 1.165) is 25.0 Å². The molecule has 1 aliphatic rings. The van der Waals surface area contributed by atoms with Crippen LogP contribution in [0.25, 0.3) is 0 Å². The second kappa shape index (κ2) is 5.25. The number of fused-ring (bicyclic) bond motifs is 1. The first-order valence-corrected chi connectivity index (χ1v) is 6.81. The number of benzene rings is 1. The Labute approximate surface area is 115 Å². The lowest BCUT2D eigenvalue weighted by atomic mass is 9.87. The summed E-state index contributed by atoms with van der Waals surface area (Å²) in [5, 5.41) is 3.00. The Morgan fingerprint density at radius 1 is 1.47 bits per heavy atom. The molecule has 3 nitrogen and oxygen atoms in total. The molecule has 0 heterocycles. The molecule has 2 rings (SSSR count). The van der Waals surface area contributed by atoms with Crippen LogP contribution in [-0.2, 0) is 17.6 Å². The number of carbonyl (C=O) groups is 1. The second-order valence-corrected chi connectivity index (χ2v) is 5.51. The van der Waals surface area contributed by atoms with Crippen LogP contribution in [0.3, 0.4) is 0 Å². The summed E-state index contributed by atoms with van der Waals surface area (Å²) in [4.78, 5) is 11.1. The SMILES string of the molecule is COc1ccc(I)c2c1CC[C@@H](NC(C)=O)C2. The molecule has 0 spiro atoms. The van der Waals surface area contributed by atoms with Crippen LogP contribution in [0, 0.1) is 3.57 Å². The van der Waals surface area contributed by atoms with Gasteiger partial charge in [-0.2, -0.15) is 0 Å². The predicted molar refractivity (Wildman–Crippen MR) is 75.3 cm³/mol. The number of hydrogen-bond donors (Lipinski definition) is 1. The van der Waals surface area contributed by atoms with Gasteiger partial charge in [-0.05, 0) is 65.1 Å². The summed E-state index contributed by atoms with van der Waals surface area (Å²) >= 11 is 2.35. The largest absolute Gasteiger partial charge is 0.496 e. The lowest BCUT2D eigenvalue weighted by molar-refractivity contribution is -0.119. The number of nitrogens with one attached hydrogen (secondary N) is 1. The molecule has 1 N–H and O–H groups in total. The zero-order chi connectivity index (χ0) is 12.4. The van der Waals surface area contributed by atoms with Crippen LogP contribution in [0.4, 0.5) is 0 Å². The van der Waals surface area contributed by atoms with Gasteiger partial charge in [-0.1, -0.05) is 0 Å². The van der Waals surface area contributed by atoms with Gasteiger partial charge in [0, 0.05) is 16.5 Å². The minimum absolute atomic E-state index is 0.0522. The van der Waals surface area contributed by atoms with E-state index in [1.807, 2.05) is 6.07 Å². The standard InChI is InChI=1S/C13H16INO2/c1-8(16)15-9-3-4-10-11(7-9)12(14)5-6-13(10)17-2/h5-6,9H,3-4,7H2,1-2H3,(H,15,16)/t9-/m1/s1. The molecule has 92 valence electrons. The number of hydrogen-bond acceptors (Lipinski definition) is 2. The smallest absolute Gasteiger partial charge is 0.217 e. The fourth-order valence-corrected chi connectivity index (χ4v) is 3.13. The van der Waals surface area contributed by atoms with Gasteiger partial charge in [0.15, 0.2) is 0 Å². The van der Waals surface area contributed by atoms with Crippen molar-refractivity contribution >= 4 is 28.5 Å². The van der Waals surface area contributed by atoms with Crippen molar-refractivity contribution in [2.45, 2.75) is 32.2 Å². The number of halogens is 1. The molecular weight excluding hydrogens is 329 g/mol. The van der Waals surface area contributed by atoms with Gasteiger partial charge in [0.2, 0.25) is 5.91 Å². The van der Waals surface area contributed by atoms with Crippen molar-refractivity contribution < 1.29 is 9.53 Å². The Morgan fingerprint density at radius 2 is 2.24 bits per heavy atom. The molecule has 0 bridgehead atoms. The molecule has 0 aromatic heterocycles. The summed E-state index contributed by atoms with van der Waals surface area (Å²) in [6, 6.07) is 4.37. The van der Waals surface area contributed by atoms with Crippen LogP contribution >= 0.6 is 22.6 Å². The van der Waals surface area contributed by atoms with E-state index in [0.29, 0.717) is 0 Å². The third-order valence-corrected chi connectivity index (χ3v) is 4.16. The van der Waals surface area contributed by atoms with E-state index in [4.69, 9.17) is 4.74 Å². The molecule has 1 aromatic rings. The van der Waals surface area contributed by atoms with Crippen molar-refractivity contribution in [2.24, 2.45) is 0 Å². The Morgan fingerprint density at radius 3 is 2.88 bits per heavy atom. The maximum Gasteiger partial charge on any atom is 0.217 e. The van der Waals surface area contributed by atoms with Crippen molar-refractivity contribution in [3.05, 3.63) is 26.8 Å². The van der Waals surface area contributed by atoms with Crippen molar-refractivity contribution in [3.8, 4) is 5.75 Å². The van der Waals surface area contributed by atoms with Crippen LogP contribution < -0.4 is 10.1 Å². The number of methoxy groups -OCH3 is 1.